The monoisotopic (exact) mass is 552 g/mol. The molecule has 0 amide bonds. The van der Waals surface area contributed by atoms with E-state index in [1.54, 1.807) is 12.1 Å². The topological polar surface area (TPSA) is 52.6 Å². The average Bonchev–Trinajstić information content (AvgIpc) is 2.82. The van der Waals surface area contributed by atoms with E-state index in [0.717, 1.165) is 0 Å². The quantitative estimate of drug-likeness (QED) is 0.235. The molecule has 0 aromatic heterocycles. The van der Waals surface area contributed by atoms with Gasteiger partial charge in [-0.25, -0.2) is 0 Å². The van der Waals surface area contributed by atoms with Crippen molar-refractivity contribution in [2.45, 2.75) is 116 Å². The SMILES string of the molecule is CC(C)[Si](Oc1cccc2c1C(=O)c1cccc(O[Si](C(C)C)(C(C)C)C(C)C)c1C2=O)(C(C)C)C(C)C. The van der Waals surface area contributed by atoms with Crippen LogP contribution in [0.5, 0.6) is 11.5 Å². The number of fused-ring (bicyclic) bond motifs is 2. The molecule has 2 aromatic rings. The highest BCUT2D eigenvalue weighted by atomic mass is 28.4. The average molecular weight is 553 g/mol. The lowest BCUT2D eigenvalue weighted by atomic mass is 9.83. The van der Waals surface area contributed by atoms with Gasteiger partial charge in [0, 0.05) is 11.1 Å². The zero-order valence-corrected chi connectivity index (χ0v) is 27.6. The lowest BCUT2D eigenvalue weighted by Crippen LogP contribution is -2.51. The van der Waals surface area contributed by atoms with Crippen LogP contribution in [0, 0.1) is 0 Å². The Balaban J connectivity index is 2.20. The third-order valence-electron chi connectivity index (χ3n) is 8.98. The number of ketones is 2. The molecule has 0 heterocycles. The van der Waals surface area contributed by atoms with Crippen molar-refractivity contribution in [3.63, 3.8) is 0 Å². The van der Waals surface area contributed by atoms with E-state index in [2.05, 4.69) is 83.1 Å². The molecule has 208 valence electrons. The van der Waals surface area contributed by atoms with Crippen LogP contribution in [0.3, 0.4) is 0 Å². The standard InChI is InChI=1S/C32H48O4Si2/c1-19(2)37(20(3)4,21(5)6)35-27-17-13-15-25-29(27)31(33)26-16-14-18-28(30(26)32(25)34)36-38(22(7)8,23(9)10)24(11)12/h13-24H,1-12H3. The van der Waals surface area contributed by atoms with Gasteiger partial charge in [0.1, 0.15) is 11.5 Å². The fourth-order valence-electron chi connectivity index (χ4n) is 7.44. The molecule has 0 N–H and O–H groups in total. The highest BCUT2D eigenvalue weighted by Gasteiger charge is 2.50. The Labute approximate surface area is 232 Å². The molecule has 0 radical (unpaired) electrons. The van der Waals surface area contributed by atoms with Crippen LogP contribution in [-0.4, -0.2) is 28.2 Å². The summed E-state index contributed by atoms with van der Waals surface area (Å²) >= 11 is 0. The predicted octanol–water partition coefficient (Wildman–Crippen LogP) is 9.57. The smallest absolute Gasteiger partial charge is 0.258 e. The predicted molar refractivity (Wildman–Crippen MR) is 163 cm³/mol. The fourth-order valence-corrected chi connectivity index (χ4v) is 18.0. The first-order chi connectivity index (χ1) is 17.6. The van der Waals surface area contributed by atoms with Gasteiger partial charge in [-0.3, -0.25) is 9.59 Å². The van der Waals surface area contributed by atoms with Gasteiger partial charge >= 0.3 is 0 Å². The minimum Gasteiger partial charge on any atom is -0.542 e. The molecule has 0 aliphatic heterocycles. The summed E-state index contributed by atoms with van der Waals surface area (Å²) in [5, 5.41) is 0. The largest absolute Gasteiger partial charge is 0.542 e. The number of hydrogen-bond donors (Lipinski definition) is 0. The fraction of sp³-hybridized carbons (Fsp3) is 0.562. The van der Waals surface area contributed by atoms with Gasteiger partial charge in [0.15, 0.2) is 11.6 Å². The van der Waals surface area contributed by atoms with Crippen LogP contribution in [0.1, 0.15) is 115 Å². The van der Waals surface area contributed by atoms with Gasteiger partial charge in [0.2, 0.25) is 0 Å². The van der Waals surface area contributed by atoms with Gasteiger partial charge in [-0.05, 0) is 45.4 Å². The molecule has 0 atom stereocenters. The molecule has 1 aliphatic rings. The third kappa shape index (κ3) is 4.72. The normalized spacial score (nSPS) is 14.3. The number of benzene rings is 2. The Morgan fingerprint density at radius 2 is 0.737 bits per heavy atom. The van der Waals surface area contributed by atoms with Crippen LogP contribution in [0.4, 0.5) is 0 Å². The lowest BCUT2D eigenvalue weighted by molar-refractivity contribution is 0.0975. The maximum Gasteiger partial charge on any atom is 0.258 e. The van der Waals surface area contributed by atoms with E-state index in [-0.39, 0.29) is 11.6 Å². The molecule has 38 heavy (non-hydrogen) atoms. The molecular weight excluding hydrogens is 505 g/mol. The van der Waals surface area contributed by atoms with E-state index in [9.17, 15) is 9.59 Å². The Morgan fingerprint density at radius 1 is 0.474 bits per heavy atom. The maximum atomic E-state index is 14.1. The molecule has 6 heteroatoms. The van der Waals surface area contributed by atoms with Gasteiger partial charge < -0.3 is 8.85 Å². The van der Waals surface area contributed by atoms with Crippen LogP contribution in [0.2, 0.25) is 33.2 Å². The first-order valence-corrected chi connectivity index (χ1v) is 18.7. The molecule has 0 unspecified atom stereocenters. The molecule has 3 rings (SSSR count). The molecule has 0 fully saturated rings. The summed E-state index contributed by atoms with van der Waals surface area (Å²) in [6, 6.07) is 11.0. The van der Waals surface area contributed by atoms with Gasteiger partial charge in [0.25, 0.3) is 16.6 Å². The van der Waals surface area contributed by atoms with Crippen LogP contribution in [0.15, 0.2) is 36.4 Å². The minimum atomic E-state index is -2.33. The summed E-state index contributed by atoms with van der Waals surface area (Å²) in [6.07, 6.45) is 0. The van der Waals surface area contributed by atoms with Gasteiger partial charge in [-0.15, -0.1) is 0 Å². The van der Waals surface area contributed by atoms with Crippen molar-refractivity contribution in [2.24, 2.45) is 0 Å². The molecule has 0 saturated carbocycles. The van der Waals surface area contributed by atoms with E-state index in [1.807, 2.05) is 24.3 Å². The Bertz CT molecular complexity index is 1060. The minimum absolute atomic E-state index is 0.152. The van der Waals surface area contributed by atoms with Crippen LogP contribution in [0.25, 0.3) is 0 Å². The second kappa shape index (κ2) is 11.1. The van der Waals surface area contributed by atoms with Crippen molar-refractivity contribution >= 4 is 28.2 Å². The van der Waals surface area contributed by atoms with E-state index >= 15 is 0 Å². The zero-order valence-electron chi connectivity index (χ0n) is 25.6. The number of carbonyl (C=O) groups is 2. The summed E-state index contributed by atoms with van der Waals surface area (Å²) in [6.45, 7) is 26.7. The van der Waals surface area contributed by atoms with Crippen LogP contribution in [-0.2, 0) is 0 Å². The second-order valence-electron chi connectivity index (χ2n) is 12.9. The first kappa shape index (κ1) is 30.4. The molecule has 1 aliphatic carbocycles. The Morgan fingerprint density at radius 3 is 0.974 bits per heavy atom. The summed E-state index contributed by atoms with van der Waals surface area (Å²) in [7, 11) is -4.67. The summed E-state index contributed by atoms with van der Waals surface area (Å²) in [5.74, 6) is 0.799. The second-order valence-corrected chi connectivity index (χ2v) is 23.6. The Hall–Kier alpha value is -2.19. The van der Waals surface area contributed by atoms with Crippen molar-refractivity contribution in [3.8, 4) is 11.5 Å². The first-order valence-electron chi connectivity index (χ1n) is 14.4. The number of rotatable bonds is 10. The number of hydrogen-bond acceptors (Lipinski definition) is 4. The van der Waals surface area contributed by atoms with E-state index in [0.29, 0.717) is 67.0 Å². The van der Waals surface area contributed by atoms with Crippen molar-refractivity contribution in [3.05, 3.63) is 58.7 Å². The molecular formula is C32H48O4Si2. The molecule has 0 saturated heterocycles. The van der Waals surface area contributed by atoms with Gasteiger partial charge in [-0.2, -0.15) is 0 Å². The molecule has 2 aromatic carbocycles. The van der Waals surface area contributed by atoms with Crippen molar-refractivity contribution in [2.75, 3.05) is 0 Å². The van der Waals surface area contributed by atoms with Crippen LogP contribution >= 0.6 is 0 Å². The van der Waals surface area contributed by atoms with E-state index in [4.69, 9.17) is 8.85 Å². The van der Waals surface area contributed by atoms with Crippen molar-refractivity contribution in [1.82, 2.24) is 0 Å². The highest BCUT2D eigenvalue weighted by Crippen LogP contribution is 2.47. The summed E-state index contributed by atoms with van der Waals surface area (Å²) < 4.78 is 13.9. The van der Waals surface area contributed by atoms with Gasteiger partial charge in [-0.1, -0.05) is 107 Å². The van der Waals surface area contributed by atoms with E-state index in [1.165, 1.54) is 0 Å². The maximum absolute atomic E-state index is 14.1. The highest BCUT2D eigenvalue weighted by molar-refractivity contribution is 6.79. The van der Waals surface area contributed by atoms with E-state index < -0.39 is 16.6 Å². The zero-order chi connectivity index (χ0) is 28.7. The van der Waals surface area contributed by atoms with Crippen molar-refractivity contribution in [1.29, 1.82) is 0 Å². The van der Waals surface area contributed by atoms with Crippen LogP contribution < -0.4 is 8.85 Å². The molecule has 0 spiro atoms. The lowest BCUT2D eigenvalue weighted by Gasteiger charge is -2.43. The summed E-state index contributed by atoms with van der Waals surface area (Å²) in [4.78, 5) is 28.3. The summed E-state index contributed by atoms with van der Waals surface area (Å²) in [5.41, 5.74) is 3.73. The molecule has 0 bridgehead atoms. The molecule has 4 nitrogen and oxygen atoms in total. The number of carbonyl (C=O) groups excluding carboxylic acids is 2. The Kier molecular flexibility index (Phi) is 8.89. The van der Waals surface area contributed by atoms with Gasteiger partial charge in [0.05, 0.1) is 11.1 Å². The van der Waals surface area contributed by atoms with Crippen molar-refractivity contribution < 1.29 is 18.4 Å². The third-order valence-corrected chi connectivity index (χ3v) is 21.0.